The second kappa shape index (κ2) is 7.70. The number of ether oxygens (including phenoxy) is 2. The third-order valence-corrected chi connectivity index (χ3v) is 5.75. The van der Waals surface area contributed by atoms with Crippen LogP contribution in [0.25, 0.3) is 0 Å². The number of nitrogens with zero attached hydrogens (tertiary/aromatic N) is 1. The largest absolute Gasteiger partial charge is 0.453 e. The fourth-order valence-electron chi connectivity index (χ4n) is 3.19. The van der Waals surface area contributed by atoms with Crippen LogP contribution in [0.4, 0.5) is 0 Å². The lowest BCUT2D eigenvalue weighted by Crippen LogP contribution is -2.59. The Morgan fingerprint density at radius 1 is 1.43 bits per heavy atom. The van der Waals surface area contributed by atoms with Gasteiger partial charge in [-0.2, -0.15) is 11.8 Å². The van der Waals surface area contributed by atoms with Crippen LogP contribution < -0.4 is 5.32 Å². The number of hydrogen-bond donors (Lipinski definition) is 1. The molecule has 6 nitrogen and oxygen atoms in total. The Bertz CT molecular complexity index is 522. The summed E-state index contributed by atoms with van der Waals surface area (Å²) in [5.41, 5.74) is 0.0477. The molecule has 2 aliphatic heterocycles. The van der Waals surface area contributed by atoms with Gasteiger partial charge < -0.3 is 19.2 Å². The molecule has 2 aliphatic rings. The lowest BCUT2D eigenvalue weighted by Gasteiger charge is -2.42. The van der Waals surface area contributed by atoms with E-state index in [-0.39, 0.29) is 11.4 Å². The number of carbonyl (C=O) groups excluding carboxylic acids is 1. The van der Waals surface area contributed by atoms with Crippen molar-refractivity contribution in [2.75, 3.05) is 51.5 Å². The molecule has 1 aromatic heterocycles. The van der Waals surface area contributed by atoms with Crippen LogP contribution in [0.2, 0.25) is 0 Å². The molecule has 1 amide bonds. The number of amides is 1. The van der Waals surface area contributed by atoms with E-state index in [2.05, 4.69) is 10.2 Å². The van der Waals surface area contributed by atoms with E-state index in [0.29, 0.717) is 24.7 Å². The zero-order valence-electron chi connectivity index (χ0n) is 13.5. The number of carbonyl (C=O) groups is 1. The summed E-state index contributed by atoms with van der Waals surface area (Å²) in [6.07, 6.45) is 1.10. The van der Waals surface area contributed by atoms with Crippen molar-refractivity contribution >= 4 is 17.7 Å². The molecule has 1 unspecified atom stereocenters. The monoisotopic (exact) mass is 340 g/mol. The number of furan rings is 1. The molecule has 0 aromatic carbocycles. The molecule has 23 heavy (non-hydrogen) atoms. The molecule has 3 rings (SSSR count). The molecule has 1 atom stereocenters. The maximum atomic E-state index is 12.3. The van der Waals surface area contributed by atoms with Crippen molar-refractivity contribution in [1.29, 1.82) is 0 Å². The first-order valence-corrected chi connectivity index (χ1v) is 9.15. The third-order valence-electron chi connectivity index (χ3n) is 4.51. The summed E-state index contributed by atoms with van der Waals surface area (Å²) in [5.74, 6) is 3.06. The average Bonchev–Trinajstić information content (AvgIpc) is 3.24. The van der Waals surface area contributed by atoms with Gasteiger partial charge in [0.05, 0.1) is 13.2 Å². The van der Waals surface area contributed by atoms with Gasteiger partial charge in [0.25, 0.3) is 5.91 Å². The molecule has 7 heteroatoms. The van der Waals surface area contributed by atoms with E-state index in [1.165, 1.54) is 0 Å². The van der Waals surface area contributed by atoms with E-state index in [1.807, 2.05) is 11.8 Å². The molecule has 0 bridgehead atoms. The first-order valence-electron chi connectivity index (χ1n) is 8.00. The van der Waals surface area contributed by atoms with Crippen LogP contribution in [-0.4, -0.2) is 67.8 Å². The number of hydrogen-bond acceptors (Lipinski definition) is 6. The van der Waals surface area contributed by atoms with Crippen LogP contribution >= 0.6 is 11.8 Å². The molecular weight excluding hydrogens is 316 g/mol. The molecule has 128 valence electrons. The fraction of sp³-hybridized carbons (Fsp3) is 0.688. The predicted molar refractivity (Wildman–Crippen MR) is 88.8 cm³/mol. The molecule has 1 N–H and O–H groups in total. The minimum absolute atomic E-state index is 0.0477. The third kappa shape index (κ3) is 3.91. The standard InChI is InChI=1S/C16H24N2O4S/c1-20-10-13-2-3-14(22-13)15(19)17-11-16(4-9-23-12-16)18-5-7-21-8-6-18/h2-3H,4-12H2,1H3,(H,17,19). The van der Waals surface area contributed by atoms with Gasteiger partial charge in [0.2, 0.25) is 0 Å². The average molecular weight is 340 g/mol. The van der Waals surface area contributed by atoms with Crippen LogP contribution in [0.5, 0.6) is 0 Å². The molecule has 0 radical (unpaired) electrons. The van der Waals surface area contributed by atoms with Crippen LogP contribution in [-0.2, 0) is 16.1 Å². The molecule has 0 saturated carbocycles. The maximum Gasteiger partial charge on any atom is 0.287 e. The van der Waals surface area contributed by atoms with Crippen molar-refractivity contribution < 1.29 is 18.7 Å². The second-order valence-corrected chi connectivity index (χ2v) is 7.11. The quantitative estimate of drug-likeness (QED) is 0.844. The van der Waals surface area contributed by atoms with Crippen LogP contribution in [0.1, 0.15) is 22.7 Å². The maximum absolute atomic E-state index is 12.3. The number of rotatable bonds is 6. The van der Waals surface area contributed by atoms with E-state index in [9.17, 15) is 4.79 Å². The summed E-state index contributed by atoms with van der Waals surface area (Å²) in [5, 5.41) is 3.07. The van der Waals surface area contributed by atoms with E-state index in [0.717, 1.165) is 44.2 Å². The molecule has 0 aliphatic carbocycles. The Morgan fingerprint density at radius 2 is 2.26 bits per heavy atom. The first kappa shape index (κ1) is 16.8. The van der Waals surface area contributed by atoms with E-state index in [4.69, 9.17) is 13.9 Å². The molecule has 2 fully saturated rings. The Hall–Kier alpha value is -1.02. The van der Waals surface area contributed by atoms with Crippen molar-refractivity contribution in [2.45, 2.75) is 18.6 Å². The lowest BCUT2D eigenvalue weighted by molar-refractivity contribution is -0.0129. The van der Waals surface area contributed by atoms with Gasteiger partial charge in [-0.1, -0.05) is 0 Å². The van der Waals surface area contributed by atoms with E-state index in [1.54, 1.807) is 19.2 Å². The number of morpholine rings is 1. The van der Waals surface area contributed by atoms with Gasteiger partial charge in [0.15, 0.2) is 5.76 Å². The van der Waals surface area contributed by atoms with Gasteiger partial charge in [-0.25, -0.2) is 0 Å². The Morgan fingerprint density at radius 3 is 2.96 bits per heavy atom. The predicted octanol–water partition coefficient (Wildman–Crippen LogP) is 1.36. The Labute approximate surface area is 140 Å². The topological polar surface area (TPSA) is 63.9 Å². The van der Waals surface area contributed by atoms with Crippen molar-refractivity contribution in [3.05, 3.63) is 23.7 Å². The molecule has 3 heterocycles. The highest BCUT2D eigenvalue weighted by Crippen LogP contribution is 2.33. The van der Waals surface area contributed by atoms with Crippen LogP contribution in [0.15, 0.2) is 16.5 Å². The smallest absolute Gasteiger partial charge is 0.287 e. The summed E-state index contributed by atoms with van der Waals surface area (Å²) in [4.78, 5) is 14.8. The molecular formula is C16H24N2O4S. The highest BCUT2D eigenvalue weighted by Gasteiger charge is 2.41. The van der Waals surface area contributed by atoms with Crippen LogP contribution in [0.3, 0.4) is 0 Å². The summed E-state index contributed by atoms with van der Waals surface area (Å²) >= 11 is 1.96. The van der Waals surface area contributed by atoms with Crippen molar-refractivity contribution in [1.82, 2.24) is 10.2 Å². The summed E-state index contributed by atoms with van der Waals surface area (Å²) in [6, 6.07) is 3.48. The van der Waals surface area contributed by atoms with Gasteiger partial charge in [-0.15, -0.1) is 0 Å². The Balaban J connectivity index is 1.60. The van der Waals surface area contributed by atoms with Crippen molar-refractivity contribution in [2.24, 2.45) is 0 Å². The Kier molecular flexibility index (Phi) is 5.63. The summed E-state index contributed by atoms with van der Waals surface area (Å²) < 4.78 is 16.0. The molecule has 0 spiro atoms. The van der Waals surface area contributed by atoms with E-state index >= 15 is 0 Å². The molecule has 1 aromatic rings. The highest BCUT2D eigenvalue weighted by atomic mass is 32.2. The zero-order chi connectivity index (χ0) is 16.1. The zero-order valence-corrected chi connectivity index (χ0v) is 14.3. The van der Waals surface area contributed by atoms with Gasteiger partial charge in [0.1, 0.15) is 12.4 Å². The van der Waals surface area contributed by atoms with E-state index < -0.39 is 0 Å². The summed E-state index contributed by atoms with van der Waals surface area (Å²) in [6.45, 7) is 4.46. The van der Waals surface area contributed by atoms with Crippen molar-refractivity contribution in [3.63, 3.8) is 0 Å². The highest BCUT2D eigenvalue weighted by molar-refractivity contribution is 7.99. The fourth-order valence-corrected chi connectivity index (χ4v) is 4.66. The van der Waals surface area contributed by atoms with Crippen molar-refractivity contribution in [3.8, 4) is 0 Å². The number of thioether (sulfide) groups is 1. The van der Waals surface area contributed by atoms with Crippen LogP contribution in [0, 0.1) is 0 Å². The SMILES string of the molecule is COCc1ccc(C(=O)NCC2(N3CCOCC3)CCSC2)o1. The number of methoxy groups -OCH3 is 1. The first-order chi connectivity index (χ1) is 11.2. The van der Waals surface area contributed by atoms with Gasteiger partial charge in [0, 0.05) is 38.0 Å². The second-order valence-electron chi connectivity index (χ2n) is 6.01. The van der Waals surface area contributed by atoms with Gasteiger partial charge >= 0.3 is 0 Å². The minimum atomic E-state index is -0.156. The van der Waals surface area contributed by atoms with Gasteiger partial charge in [-0.05, 0) is 24.3 Å². The normalized spacial score (nSPS) is 25.6. The number of nitrogens with one attached hydrogen (secondary N) is 1. The lowest BCUT2D eigenvalue weighted by atomic mass is 9.95. The summed E-state index contributed by atoms with van der Waals surface area (Å²) in [7, 11) is 1.60. The minimum Gasteiger partial charge on any atom is -0.453 e. The molecule has 2 saturated heterocycles. The van der Waals surface area contributed by atoms with Gasteiger partial charge in [-0.3, -0.25) is 9.69 Å².